The third-order valence-electron chi connectivity index (χ3n) is 2.68. The third-order valence-corrected chi connectivity index (χ3v) is 4.29. The number of hydrogen-bond donors (Lipinski definition) is 2. The van der Waals surface area contributed by atoms with Crippen molar-refractivity contribution in [3.63, 3.8) is 0 Å². The SMILES string of the molecule is COCCCCNS(=O)(=O)c1cccc(N)c1C. The molecular weight excluding hydrogens is 252 g/mol. The molecule has 1 aromatic carbocycles. The van der Waals surface area contributed by atoms with E-state index in [2.05, 4.69) is 4.72 Å². The fourth-order valence-electron chi connectivity index (χ4n) is 1.58. The van der Waals surface area contributed by atoms with Crippen LogP contribution in [0.2, 0.25) is 0 Å². The molecule has 5 nitrogen and oxygen atoms in total. The van der Waals surface area contributed by atoms with Crippen LogP contribution in [0.15, 0.2) is 23.1 Å². The summed E-state index contributed by atoms with van der Waals surface area (Å²) in [4.78, 5) is 0.245. The lowest BCUT2D eigenvalue weighted by atomic mass is 10.2. The molecule has 0 atom stereocenters. The van der Waals surface area contributed by atoms with E-state index in [1.54, 1.807) is 32.2 Å². The van der Waals surface area contributed by atoms with E-state index in [4.69, 9.17) is 10.5 Å². The van der Waals surface area contributed by atoms with Crippen molar-refractivity contribution in [2.75, 3.05) is 26.0 Å². The number of methoxy groups -OCH3 is 1. The van der Waals surface area contributed by atoms with E-state index in [1.807, 2.05) is 0 Å². The molecule has 0 unspecified atom stereocenters. The zero-order valence-corrected chi connectivity index (χ0v) is 11.6. The molecule has 0 heterocycles. The van der Waals surface area contributed by atoms with Crippen molar-refractivity contribution in [3.05, 3.63) is 23.8 Å². The summed E-state index contributed by atoms with van der Waals surface area (Å²) >= 11 is 0. The molecule has 1 rings (SSSR count). The Labute approximate surface area is 108 Å². The first-order valence-electron chi connectivity index (χ1n) is 5.82. The van der Waals surface area contributed by atoms with Gasteiger partial charge in [0.1, 0.15) is 0 Å². The van der Waals surface area contributed by atoms with Gasteiger partial charge in [-0.25, -0.2) is 13.1 Å². The average Bonchev–Trinajstić information content (AvgIpc) is 2.32. The van der Waals surface area contributed by atoms with Gasteiger partial charge in [0.15, 0.2) is 0 Å². The lowest BCUT2D eigenvalue weighted by molar-refractivity contribution is 0.193. The fourth-order valence-corrected chi connectivity index (χ4v) is 2.93. The van der Waals surface area contributed by atoms with Gasteiger partial charge in [0.05, 0.1) is 4.90 Å². The second-order valence-corrected chi connectivity index (χ2v) is 5.80. The van der Waals surface area contributed by atoms with Gasteiger partial charge < -0.3 is 10.5 Å². The van der Waals surface area contributed by atoms with Crippen LogP contribution < -0.4 is 10.5 Å². The van der Waals surface area contributed by atoms with Crippen molar-refractivity contribution >= 4 is 15.7 Å². The Hall–Kier alpha value is -1.11. The van der Waals surface area contributed by atoms with Crippen LogP contribution in [-0.4, -0.2) is 28.7 Å². The lowest BCUT2D eigenvalue weighted by Crippen LogP contribution is -2.25. The quantitative estimate of drug-likeness (QED) is 0.579. The number of nitrogens with one attached hydrogen (secondary N) is 1. The molecule has 0 aromatic heterocycles. The van der Waals surface area contributed by atoms with E-state index in [0.717, 1.165) is 12.8 Å². The molecule has 102 valence electrons. The largest absolute Gasteiger partial charge is 0.398 e. The number of rotatable bonds is 7. The number of anilines is 1. The lowest BCUT2D eigenvalue weighted by Gasteiger charge is -2.10. The zero-order valence-electron chi connectivity index (χ0n) is 10.8. The highest BCUT2D eigenvalue weighted by Gasteiger charge is 2.16. The van der Waals surface area contributed by atoms with Crippen LogP contribution >= 0.6 is 0 Å². The highest BCUT2D eigenvalue weighted by Crippen LogP contribution is 2.20. The van der Waals surface area contributed by atoms with Crippen molar-refractivity contribution < 1.29 is 13.2 Å². The first-order chi connectivity index (χ1) is 8.49. The first-order valence-corrected chi connectivity index (χ1v) is 7.31. The second-order valence-electron chi connectivity index (χ2n) is 4.07. The number of nitrogen functional groups attached to an aromatic ring is 1. The van der Waals surface area contributed by atoms with Gasteiger partial charge in [0.25, 0.3) is 0 Å². The van der Waals surface area contributed by atoms with E-state index in [9.17, 15) is 8.42 Å². The van der Waals surface area contributed by atoms with Gasteiger partial charge in [0.2, 0.25) is 10.0 Å². The summed E-state index contributed by atoms with van der Waals surface area (Å²) in [5.41, 5.74) is 6.77. The molecule has 0 aliphatic rings. The minimum Gasteiger partial charge on any atom is -0.398 e. The predicted octanol–water partition coefficient (Wildman–Crippen LogP) is 1.28. The van der Waals surface area contributed by atoms with Crippen LogP contribution in [0.3, 0.4) is 0 Å². The van der Waals surface area contributed by atoms with Crippen molar-refractivity contribution in [2.45, 2.75) is 24.7 Å². The molecule has 0 aliphatic carbocycles. The minimum absolute atomic E-state index is 0.245. The average molecular weight is 272 g/mol. The van der Waals surface area contributed by atoms with Crippen LogP contribution in [0.5, 0.6) is 0 Å². The summed E-state index contributed by atoms with van der Waals surface area (Å²) in [5, 5.41) is 0. The van der Waals surface area contributed by atoms with Gasteiger partial charge in [-0.1, -0.05) is 6.07 Å². The number of ether oxygens (including phenoxy) is 1. The highest BCUT2D eigenvalue weighted by atomic mass is 32.2. The van der Waals surface area contributed by atoms with Gasteiger partial charge in [-0.3, -0.25) is 0 Å². The number of sulfonamides is 1. The summed E-state index contributed by atoms with van der Waals surface area (Å²) in [7, 11) is -1.85. The Morgan fingerprint density at radius 1 is 1.33 bits per heavy atom. The van der Waals surface area contributed by atoms with E-state index in [-0.39, 0.29) is 4.90 Å². The Kier molecular flexibility index (Phi) is 5.58. The van der Waals surface area contributed by atoms with Crippen LogP contribution in [0.1, 0.15) is 18.4 Å². The fraction of sp³-hybridized carbons (Fsp3) is 0.500. The molecule has 1 aromatic rings. The number of benzene rings is 1. The number of unbranched alkanes of at least 4 members (excludes halogenated alkanes) is 1. The van der Waals surface area contributed by atoms with E-state index in [1.165, 1.54) is 0 Å². The molecule has 0 radical (unpaired) electrons. The number of nitrogens with two attached hydrogens (primary N) is 1. The Morgan fingerprint density at radius 3 is 2.72 bits per heavy atom. The van der Waals surface area contributed by atoms with Crippen molar-refractivity contribution in [1.29, 1.82) is 0 Å². The monoisotopic (exact) mass is 272 g/mol. The summed E-state index contributed by atoms with van der Waals surface area (Å²) in [5.74, 6) is 0. The van der Waals surface area contributed by atoms with Crippen molar-refractivity contribution in [1.82, 2.24) is 4.72 Å². The van der Waals surface area contributed by atoms with Crippen LogP contribution in [0, 0.1) is 6.92 Å². The molecule has 0 saturated heterocycles. The topological polar surface area (TPSA) is 81.4 Å². The molecular formula is C12H20N2O3S. The molecule has 18 heavy (non-hydrogen) atoms. The summed E-state index contributed by atoms with van der Waals surface area (Å²) in [6.45, 7) is 2.74. The van der Waals surface area contributed by atoms with Crippen LogP contribution in [0.4, 0.5) is 5.69 Å². The smallest absolute Gasteiger partial charge is 0.240 e. The minimum atomic E-state index is -3.47. The van der Waals surface area contributed by atoms with E-state index in [0.29, 0.717) is 24.4 Å². The maximum Gasteiger partial charge on any atom is 0.240 e. The molecule has 0 aliphatic heterocycles. The normalized spacial score (nSPS) is 11.7. The van der Waals surface area contributed by atoms with Gasteiger partial charge in [-0.05, 0) is 37.5 Å². The summed E-state index contributed by atoms with van der Waals surface area (Å²) < 4.78 is 31.5. The maximum atomic E-state index is 12.0. The molecule has 6 heteroatoms. The first kappa shape index (κ1) is 14.9. The van der Waals surface area contributed by atoms with Crippen molar-refractivity contribution in [2.24, 2.45) is 0 Å². The third kappa shape index (κ3) is 3.97. The predicted molar refractivity (Wildman–Crippen MR) is 71.9 cm³/mol. The highest BCUT2D eigenvalue weighted by molar-refractivity contribution is 7.89. The van der Waals surface area contributed by atoms with Gasteiger partial charge in [-0.15, -0.1) is 0 Å². The van der Waals surface area contributed by atoms with Gasteiger partial charge in [-0.2, -0.15) is 0 Å². The summed E-state index contributed by atoms with van der Waals surface area (Å²) in [6.07, 6.45) is 1.57. The molecule has 0 saturated carbocycles. The number of hydrogen-bond acceptors (Lipinski definition) is 4. The van der Waals surface area contributed by atoms with Crippen LogP contribution in [0.25, 0.3) is 0 Å². The summed E-state index contributed by atoms with van der Waals surface area (Å²) in [6, 6.07) is 4.89. The Balaban J connectivity index is 2.66. The standard InChI is InChI=1S/C12H20N2O3S/c1-10-11(13)6-5-7-12(10)18(15,16)14-8-3-4-9-17-2/h5-7,14H,3-4,8-9,13H2,1-2H3. The van der Waals surface area contributed by atoms with Crippen LogP contribution in [-0.2, 0) is 14.8 Å². The van der Waals surface area contributed by atoms with Crippen molar-refractivity contribution in [3.8, 4) is 0 Å². The molecule has 0 bridgehead atoms. The molecule has 0 fully saturated rings. The van der Waals surface area contributed by atoms with E-state index < -0.39 is 10.0 Å². The van der Waals surface area contributed by atoms with Gasteiger partial charge in [0, 0.05) is 25.9 Å². The Morgan fingerprint density at radius 2 is 2.06 bits per heavy atom. The molecule has 3 N–H and O–H groups in total. The van der Waals surface area contributed by atoms with Gasteiger partial charge >= 0.3 is 0 Å². The maximum absolute atomic E-state index is 12.0. The second kappa shape index (κ2) is 6.72. The van der Waals surface area contributed by atoms with E-state index >= 15 is 0 Å². The zero-order chi connectivity index (χ0) is 13.6. The molecule has 0 spiro atoms. The Bertz CT molecular complexity index is 486. The molecule has 0 amide bonds.